The van der Waals surface area contributed by atoms with Crippen LogP contribution >= 0.6 is 12.2 Å². The summed E-state index contributed by atoms with van der Waals surface area (Å²) in [7, 11) is 1.66. The molecule has 1 aromatic rings. The van der Waals surface area contributed by atoms with Gasteiger partial charge in [-0.15, -0.1) is 0 Å². The van der Waals surface area contributed by atoms with Gasteiger partial charge in [0.25, 0.3) is 0 Å². The molecule has 0 bridgehead atoms. The summed E-state index contributed by atoms with van der Waals surface area (Å²) in [6.45, 7) is 3.13. The molecule has 5 heteroatoms. The lowest BCUT2D eigenvalue weighted by molar-refractivity contribution is 0.196. The average molecular weight is 256 g/mol. The van der Waals surface area contributed by atoms with Crippen molar-refractivity contribution in [1.82, 2.24) is 5.32 Å². The van der Waals surface area contributed by atoms with Crippen molar-refractivity contribution in [2.24, 2.45) is 0 Å². The third-order valence-electron chi connectivity index (χ3n) is 2.33. The molecule has 1 rings (SSSR count). The predicted octanol–water partition coefficient (Wildman–Crippen LogP) is 2.46. The second-order valence-electron chi connectivity index (χ2n) is 3.64. The zero-order valence-electron chi connectivity index (χ0n) is 10.0. The molecule has 17 heavy (non-hydrogen) atoms. The van der Waals surface area contributed by atoms with Gasteiger partial charge in [0.05, 0.1) is 0 Å². The van der Waals surface area contributed by atoms with E-state index in [9.17, 15) is 4.39 Å². The van der Waals surface area contributed by atoms with Gasteiger partial charge in [-0.05, 0) is 37.7 Å². The maximum Gasteiger partial charge on any atom is 0.170 e. The Morgan fingerprint density at radius 1 is 1.47 bits per heavy atom. The Bertz CT molecular complexity index is 385. The number of methoxy groups -OCH3 is 1. The van der Waals surface area contributed by atoms with Crippen LogP contribution in [-0.4, -0.2) is 25.4 Å². The highest BCUT2D eigenvalue weighted by atomic mass is 32.1. The monoisotopic (exact) mass is 256 g/mol. The third-order valence-corrected chi connectivity index (χ3v) is 2.57. The highest BCUT2D eigenvalue weighted by Crippen LogP contribution is 2.16. The van der Waals surface area contributed by atoms with E-state index in [1.807, 2.05) is 0 Å². The van der Waals surface area contributed by atoms with E-state index in [1.54, 1.807) is 26.2 Å². The first-order valence-corrected chi connectivity index (χ1v) is 5.85. The lowest BCUT2D eigenvalue weighted by Crippen LogP contribution is -2.30. The molecule has 0 aliphatic carbocycles. The van der Waals surface area contributed by atoms with Gasteiger partial charge in [-0.1, -0.05) is 6.07 Å². The molecule has 0 spiro atoms. The summed E-state index contributed by atoms with van der Waals surface area (Å²) < 4.78 is 18.2. The highest BCUT2D eigenvalue weighted by Gasteiger charge is 2.04. The molecule has 0 atom stereocenters. The summed E-state index contributed by atoms with van der Waals surface area (Å²) >= 11 is 5.10. The first-order valence-electron chi connectivity index (χ1n) is 5.44. The Balaban J connectivity index is 2.43. The molecule has 0 fully saturated rings. The molecule has 0 radical (unpaired) electrons. The Hall–Kier alpha value is -1.20. The molecule has 0 unspecified atom stereocenters. The minimum absolute atomic E-state index is 0.239. The van der Waals surface area contributed by atoms with Gasteiger partial charge in [0.15, 0.2) is 5.11 Å². The van der Waals surface area contributed by atoms with E-state index in [-0.39, 0.29) is 5.82 Å². The van der Waals surface area contributed by atoms with E-state index in [0.29, 0.717) is 23.0 Å². The van der Waals surface area contributed by atoms with E-state index in [2.05, 4.69) is 10.6 Å². The fourth-order valence-electron chi connectivity index (χ4n) is 1.33. The standard InChI is InChI=1S/C12H17FN2OS/c1-9-10(13)5-3-6-11(9)15-12(17)14-7-4-8-16-2/h3,5-6H,4,7-8H2,1-2H3,(H2,14,15,17). The summed E-state index contributed by atoms with van der Waals surface area (Å²) in [4.78, 5) is 0. The molecule has 2 N–H and O–H groups in total. The van der Waals surface area contributed by atoms with Crippen LogP contribution in [0.25, 0.3) is 0 Å². The largest absolute Gasteiger partial charge is 0.385 e. The molecule has 0 aliphatic rings. The summed E-state index contributed by atoms with van der Waals surface area (Å²) in [6, 6.07) is 4.87. The molecule has 0 aliphatic heterocycles. The summed E-state index contributed by atoms with van der Waals surface area (Å²) in [5, 5.41) is 6.49. The summed E-state index contributed by atoms with van der Waals surface area (Å²) in [5.74, 6) is -0.239. The number of rotatable bonds is 5. The van der Waals surface area contributed by atoms with Crippen molar-refractivity contribution in [3.8, 4) is 0 Å². The van der Waals surface area contributed by atoms with Gasteiger partial charge in [0.1, 0.15) is 5.82 Å². The maximum atomic E-state index is 13.3. The van der Waals surface area contributed by atoms with E-state index >= 15 is 0 Å². The lowest BCUT2D eigenvalue weighted by atomic mass is 10.2. The fourth-order valence-corrected chi connectivity index (χ4v) is 1.54. The molecule has 94 valence electrons. The second kappa shape index (κ2) is 7.19. The van der Waals surface area contributed by atoms with Gasteiger partial charge >= 0.3 is 0 Å². The minimum atomic E-state index is -0.239. The number of ether oxygens (including phenoxy) is 1. The van der Waals surface area contributed by atoms with Crippen molar-refractivity contribution in [2.75, 3.05) is 25.6 Å². The average Bonchev–Trinajstić information content (AvgIpc) is 2.31. The van der Waals surface area contributed by atoms with E-state index < -0.39 is 0 Å². The number of benzene rings is 1. The van der Waals surface area contributed by atoms with Crippen LogP contribution in [0, 0.1) is 12.7 Å². The highest BCUT2D eigenvalue weighted by molar-refractivity contribution is 7.80. The zero-order valence-corrected chi connectivity index (χ0v) is 10.9. The molecule has 0 saturated heterocycles. The van der Waals surface area contributed by atoms with Crippen molar-refractivity contribution >= 4 is 23.0 Å². The molecule has 0 heterocycles. The number of hydrogen-bond donors (Lipinski definition) is 2. The summed E-state index contributed by atoms with van der Waals surface area (Å²) in [6.07, 6.45) is 0.875. The van der Waals surface area contributed by atoms with Gasteiger partial charge < -0.3 is 15.4 Å². The molecule has 3 nitrogen and oxygen atoms in total. The molecule has 0 aromatic heterocycles. The summed E-state index contributed by atoms with van der Waals surface area (Å²) in [5.41, 5.74) is 1.25. The van der Waals surface area contributed by atoms with Crippen LogP contribution < -0.4 is 10.6 Å². The maximum absolute atomic E-state index is 13.3. The van der Waals surface area contributed by atoms with Crippen LogP contribution in [0.5, 0.6) is 0 Å². The first kappa shape index (κ1) is 13.9. The van der Waals surface area contributed by atoms with Crippen LogP contribution in [0.4, 0.5) is 10.1 Å². The second-order valence-corrected chi connectivity index (χ2v) is 4.05. The number of anilines is 1. The number of nitrogens with one attached hydrogen (secondary N) is 2. The number of hydrogen-bond acceptors (Lipinski definition) is 2. The van der Waals surface area contributed by atoms with Gasteiger partial charge in [-0.25, -0.2) is 4.39 Å². The number of halogens is 1. The minimum Gasteiger partial charge on any atom is -0.385 e. The molecule has 0 amide bonds. The topological polar surface area (TPSA) is 33.3 Å². The smallest absolute Gasteiger partial charge is 0.170 e. The number of thiocarbonyl (C=S) groups is 1. The Kier molecular flexibility index (Phi) is 5.86. The quantitative estimate of drug-likeness (QED) is 0.626. The van der Waals surface area contributed by atoms with Crippen molar-refractivity contribution in [1.29, 1.82) is 0 Å². The van der Waals surface area contributed by atoms with E-state index in [0.717, 1.165) is 13.0 Å². The third kappa shape index (κ3) is 4.66. The van der Waals surface area contributed by atoms with Crippen LogP contribution in [0.3, 0.4) is 0 Å². The van der Waals surface area contributed by atoms with Crippen molar-refractivity contribution in [3.63, 3.8) is 0 Å². The van der Waals surface area contributed by atoms with Crippen molar-refractivity contribution in [2.45, 2.75) is 13.3 Å². The SMILES string of the molecule is COCCCNC(=S)Nc1cccc(F)c1C. The fraction of sp³-hybridized carbons (Fsp3) is 0.417. The van der Waals surface area contributed by atoms with Crippen LogP contribution in [0.2, 0.25) is 0 Å². The van der Waals surface area contributed by atoms with E-state index in [4.69, 9.17) is 17.0 Å². The Labute approximate surface area is 106 Å². The van der Waals surface area contributed by atoms with Gasteiger partial charge in [-0.3, -0.25) is 0 Å². The molecule has 1 aromatic carbocycles. The zero-order chi connectivity index (χ0) is 12.7. The molecule has 0 saturated carbocycles. The van der Waals surface area contributed by atoms with E-state index in [1.165, 1.54) is 6.07 Å². The van der Waals surface area contributed by atoms with Crippen molar-refractivity contribution < 1.29 is 9.13 Å². The van der Waals surface area contributed by atoms with Crippen LogP contribution in [-0.2, 0) is 4.74 Å². The van der Waals surface area contributed by atoms with Gasteiger partial charge in [-0.2, -0.15) is 0 Å². The normalized spacial score (nSPS) is 10.1. The van der Waals surface area contributed by atoms with Gasteiger partial charge in [0.2, 0.25) is 0 Å². The molecular formula is C12H17FN2OS. The lowest BCUT2D eigenvalue weighted by Gasteiger charge is -2.12. The Morgan fingerprint density at radius 2 is 2.24 bits per heavy atom. The predicted molar refractivity (Wildman–Crippen MR) is 71.9 cm³/mol. The van der Waals surface area contributed by atoms with Gasteiger partial charge in [0, 0.05) is 31.5 Å². The van der Waals surface area contributed by atoms with Crippen LogP contribution in [0.1, 0.15) is 12.0 Å². The first-order chi connectivity index (χ1) is 8.15. The van der Waals surface area contributed by atoms with Crippen LogP contribution in [0.15, 0.2) is 18.2 Å². The Morgan fingerprint density at radius 3 is 2.94 bits per heavy atom. The molecular weight excluding hydrogens is 239 g/mol. The van der Waals surface area contributed by atoms with Crippen molar-refractivity contribution in [3.05, 3.63) is 29.6 Å².